The summed E-state index contributed by atoms with van der Waals surface area (Å²) in [6, 6.07) is 3.94. The number of carbonyl (C=O) groups excluding carboxylic acids is 1. The van der Waals surface area contributed by atoms with Gasteiger partial charge in [-0.1, -0.05) is 12.8 Å². The zero-order valence-corrected chi connectivity index (χ0v) is 13.8. The van der Waals surface area contributed by atoms with E-state index >= 15 is 0 Å². The van der Waals surface area contributed by atoms with Crippen molar-refractivity contribution in [3.05, 3.63) is 30.1 Å². The Kier molecular flexibility index (Phi) is 6.00. The zero-order chi connectivity index (χ0) is 15.9. The first kappa shape index (κ1) is 16.4. The van der Waals surface area contributed by atoms with Crippen LogP contribution in [0.1, 0.15) is 43.8 Å². The van der Waals surface area contributed by atoms with Crippen LogP contribution in [0.4, 0.5) is 0 Å². The molecular weight excluding hydrogens is 290 g/mol. The minimum atomic E-state index is -0.0195. The molecule has 1 atom stereocenters. The van der Waals surface area contributed by atoms with E-state index in [4.69, 9.17) is 4.74 Å². The van der Waals surface area contributed by atoms with E-state index in [0.717, 1.165) is 25.2 Å². The maximum atomic E-state index is 12.5. The van der Waals surface area contributed by atoms with Gasteiger partial charge in [0.1, 0.15) is 6.10 Å². The average Bonchev–Trinajstić information content (AvgIpc) is 2.89. The van der Waals surface area contributed by atoms with Gasteiger partial charge < -0.3 is 14.5 Å². The maximum Gasteiger partial charge on any atom is 0.224 e. The number of rotatable bonds is 4. The number of nitrogens with zero attached hydrogens (tertiary/aromatic N) is 3. The van der Waals surface area contributed by atoms with Crippen molar-refractivity contribution in [2.24, 2.45) is 0 Å². The molecule has 0 aromatic carbocycles. The van der Waals surface area contributed by atoms with E-state index < -0.39 is 0 Å². The molecule has 3 rings (SSSR count). The highest BCUT2D eigenvalue weighted by atomic mass is 16.5. The highest BCUT2D eigenvalue weighted by molar-refractivity contribution is 5.76. The molecule has 2 aliphatic rings. The van der Waals surface area contributed by atoms with Gasteiger partial charge in [-0.2, -0.15) is 0 Å². The fraction of sp³-hybridized carbons (Fsp3) is 0.667. The monoisotopic (exact) mass is 317 g/mol. The third kappa shape index (κ3) is 4.75. The molecule has 1 amide bonds. The molecule has 5 nitrogen and oxygen atoms in total. The van der Waals surface area contributed by atoms with Crippen LogP contribution < -0.4 is 0 Å². The van der Waals surface area contributed by atoms with Crippen molar-refractivity contribution in [2.45, 2.75) is 38.2 Å². The molecule has 0 spiro atoms. The highest BCUT2D eigenvalue weighted by Crippen LogP contribution is 2.22. The largest absolute Gasteiger partial charge is 0.370 e. The molecule has 0 bridgehead atoms. The Balaban J connectivity index is 1.49. The minimum Gasteiger partial charge on any atom is -0.370 e. The van der Waals surface area contributed by atoms with Crippen LogP contribution in [-0.2, 0) is 9.53 Å². The molecule has 2 aliphatic heterocycles. The second-order valence-corrected chi connectivity index (χ2v) is 6.49. The number of ether oxygens (including phenoxy) is 1. The molecule has 0 aliphatic carbocycles. The summed E-state index contributed by atoms with van der Waals surface area (Å²) in [7, 11) is 0. The molecule has 1 aromatic rings. The van der Waals surface area contributed by atoms with E-state index in [0.29, 0.717) is 26.1 Å². The maximum absolute atomic E-state index is 12.5. The summed E-state index contributed by atoms with van der Waals surface area (Å²) in [4.78, 5) is 21.0. The molecule has 2 fully saturated rings. The van der Waals surface area contributed by atoms with Gasteiger partial charge in [-0.25, -0.2) is 0 Å². The van der Waals surface area contributed by atoms with Gasteiger partial charge in [-0.15, -0.1) is 0 Å². The normalized spacial score (nSPS) is 23.5. The van der Waals surface area contributed by atoms with Crippen molar-refractivity contribution in [1.82, 2.24) is 14.8 Å². The smallest absolute Gasteiger partial charge is 0.224 e. The SMILES string of the molecule is O=C(CCN1CCCCCC1)N1CCOC(c2ccncc2)C1. The van der Waals surface area contributed by atoms with E-state index in [-0.39, 0.29) is 12.0 Å². The Labute approximate surface area is 138 Å². The van der Waals surface area contributed by atoms with Crippen LogP contribution in [0, 0.1) is 0 Å². The number of hydrogen-bond donors (Lipinski definition) is 0. The van der Waals surface area contributed by atoms with Crippen molar-refractivity contribution in [1.29, 1.82) is 0 Å². The Hall–Kier alpha value is -1.46. The summed E-state index contributed by atoms with van der Waals surface area (Å²) in [5.74, 6) is 0.261. The third-order valence-electron chi connectivity index (χ3n) is 4.84. The quantitative estimate of drug-likeness (QED) is 0.854. The minimum absolute atomic E-state index is 0.0195. The summed E-state index contributed by atoms with van der Waals surface area (Å²) in [5.41, 5.74) is 1.10. The molecule has 23 heavy (non-hydrogen) atoms. The lowest BCUT2D eigenvalue weighted by Gasteiger charge is -2.33. The number of hydrogen-bond acceptors (Lipinski definition) is 4. The van der Waals surface area contributed by atoms with Gasteiger partial charge in [0.2, 0.25) is 5.91 Å². The Morgan fingerprint density at radius 2 is 1.87 bits per heavy atom. The van der Waals surface area contributed by atoms with Gasteiger partial charge in [-0.05, 0) is 43.6 Å². The Bertz CT molecular complexity index is 486. The number of likely N-dealkylation sites (tertiary alicyclic amines) is 1. The number of aromatic nitrogens is 1. The fourth-order valence-corrected chi connectivity index (χ4v) is 3.43. The molecule has 126 valence electrons. The topological polar surface area (TPSA) is 45.7 Å². The molecule has 0 saturated carbocycles. The number of pyridine rings is 1. The van der Waals surface area contributed by atoms with E-state index in [1.54, 1.807) is 12.4 Å². The summed E-state index contributed by atoms with van der Waals surface area (Å²) in [6.07, 6.45) is 9.38. The van der Waals surface area contributed by atoms with Gasteiger partial charge in [-0.3, -0.25) is 9.78 Å². The second-order valence-electron chi connectivity index (χ2n) is 6.49. The lowest BCUT2D eigenvalue weighted by molar-refractivity contribution is -0.139. The van der Waals surface area contributed by atoms with Crippen LogP contribution in [-0.4, -0.2) is 60.0 Å². The lowest BCUT2D eigenvalue weighted by atomic mass is 10.1. The van der Waals surface area contributed by atoms with E-state index in [2.05, 4.69) is 9.88 Å². The van der Waals surface area contributed by atoms with Crippen molar-refractivity contribution < 1.29 is 9.53 Å². The first-order chi connectivity index (χ1) is 11.3. The molecule has 0 radical (unpaired) electrons. The Morgan fingerprint density at radius 3 is 2.61 bits per heavy atom. The van der Waals surface area contributed by atoms with Gasteiger partial charge in [0.15, 0.2) is 0 Å². The first-order valence-corrected chi connectivity index (χ1v) is 8.84. The van der Waals surface area contributed by atoms with Crippen LogP contribution >= 0.6 is 0 Å². The fourth-order valence-electron chi connectivity index (χ4n) is 3.43. The van der Waals surface area contributed by atoms with Crippen molar-refractivity contribution >= 4 is 5.91 Å². The van der Waals surface area contributed by atoms with Crippen molar-refractivity contribution in [3.63, 3.8) is 0 Å². The predicted molar refractivity (Wildman–Crippen MR) is 89.0 cm³/mol. The van der Waals surface area contributed by atoms with Crippen LogP contribution in [0.2, 0.25) is 0 Å². The molecule has 3 heterocycles. The van der Waals surface area contributed by atoms with Gasteiger partial charge in [0.05, 0.1) is 13.2 Å². The second kappa shape index (κ2) is 8.41. The zero-order valence-electron chi connectivity index (χ0n) is 13.8. The lowest BCUT2D eigenvalue weighted by Crippen LogP contribution is -2.43. The summed E-state index contributed by atoms with van der Waals surface area (Å²) in [5, 5.41) is 0. The van der Waals surface area contributed by atoms with Crippen LogP contribution in [0.15, 0.2) is 24.5 Å². The van der Waals surface area contributed by atoms with Gasteiger partial charge in [0.25, 0.3) is 0 Å². The van der Waals surface area contributed by atoms with Gasteiger partial charge in [0, 0.05) is 31.9 Å². The Morgan fingerprint density at radius 1 is 1.13 bits per heavy atom. The van der Waals surface area contributed by atoms with Crippen molar-refractivity contribution in [2.75, 3.05) is 39.3 Å². The molecule has 0 N–H and O–H groups in total. The van der Waals surface area contributed by atoms with Crippen LogP contribution in [0.25, 0.3) is 0 Å². The standard InChI is InChI=1S/C18H27N3O2/c22-18(7-12-20-10-3-1-2-4-11-20)21-13-14-23-17(15-21)16-5-8-19-9-6-16/h5-6,8-9,17H,1-4,7,10-15H2. The molecule has 1 unspecified atom stereocenters. The highest BCUT2D eigenvalue weighted by Gasteiger charge is 2.25. The molecular formula is C18H27N3O2. The van der Waals surface area contributed by atoms with E-state index in [1.807, 2.05) is 17.0 Å². The average molecular weight is 317 g/mol. The molecule has 5 heteroatoms. The summed E-state index contributed by atoms with van der Waals surface area (Å²) in [6.45, 7) is 5.17. The predicted octanol–water partition coefficient (Wildman–Crippen LogP) is 2.25. The summed E-state index contributed by atoms with van der Waals surface area (Å²) < 4.78 is 5.82. The van der Waals surface area contributed by atoms with Crippen LogP contribution in [0.5, 0.6) is 0 Å². The van der Waals surface area contributed by atoms with E-state index in [9.17, 15) is 4.79 Å². The van der Waals surface area contributed by atoms with Crippen LogP contribution in [0.3, 0.4) is 0 Å². The van der Waals surface area contributed by atoms with Gasteiger partial charge >= 0.3 is 0 Å². The first-order valence-electron chi connectivity index (χ1n) is 8.84. The number of morpholine rings is 1. The third-order valence-corrected chi connectivity index (χ3v) is 4.84. The summed E-state index contributed by atoms with van der Waals surface area (Å²) >= 11 is 0. The molecule has 2 saturated heterocycles. The number of carbonyl (C=O) groups is 1. The van der Waals surface area contributed by atoms with E-state index in [1.165, 1.54) is 25.7 Å². The van der Waals surface area contributed by atoms with Crippen molar-refractivity contribution in [3.8, 4) is 0 Å². The number of amides is 1. The molecule has 1 aromatic heterocycles.